The van der Waals surface area contributed by atoms with E-state index in [-0.39, 0.29) is 17.8 Å². The van der Waals surface area contributed by atoms with E-state index < -0.39 is 5.82 Å². The molecule has 5 nitrogen and oxygen atoms in total. The first kappa shape index (κ1) is 15.5. The molecule has 1 saturated heterocycles. The second-order valence-corrected chi connectivity index (χ2v) is 6.07. The Kier molecular flexibility index (Phi) is 4.32. The molecule has 2 aromatic heterocycles. The van der Waals surface area contributed by atoms with Crippen molar-refractivity contribution in [1.29, 1.82) is 0 Å². The summed E-state index contributed by atoms with van der Waals surface area (Å²) in [6.45, 7) is 4.66. The Bertz CT molecular complexity index is 701. The maximum atomic E-state index is 13.7. The summed E-state index contributed by atoms with van der Waals surface area (Å²) in [6.07, 6.45) is 4.28. The van der Waals surface area contributed by atoms with Crippen LogP contribution in [0.2, 0.25) is 0 Å². The molecule has 0 radical (unpaired) electrons. The van der Waals surface area contributed by atoms with Crippen molar-refractivity contribution in [2.75, 3.05) is 11.9 Å². The number of aryl methyl sites for hydroxylation is 1. The molecule has 3 rings (SSSR count). The van der Waals surface area contributed by atoms with Gasteiger partial charge in [-0.2, -0.15) is 0 Å². The molecule has 1 aliphatic heterocycles. The van der Waals surface area contributed by atoms with Crippen molar-refractivity contribution in [2.45, 2.75) is 32.7 Å². The average molecular weight is 317 g/mol. The van der Waals surface area contributed by atoms with E-state index in [0.717, 1.165) is 30.6 Å². The van der Waals surface area contributed by atoms with Crippen LogP contribution in [-0.4, -0.2) is 22.5 Å². The van der Waals surface area contributed by atoms with Crippen LogP contribution in [0.1, 0.15) is 37.3 Å². The average Bonchev–Trinajstić information content (AvgIpc) is 2.96. The standard InChI is InChI=1S/C17H20FN3O2/c1-11-6-8-21(15(9-11)16-4-3-12(2)23-16)17(22)20-14-5-7-19-10-13(14)18/h3-5,7,10-11,15H,6,8-9H2,1-2H3,(H,19,20,22)/t11-,15-/m1/s1. The van der Waals surface area contributed by atoms with E-state index in [1.54, 1.807) is 4.90 Å². The number of nitrogens with one attached hydrogen (secondary N) is 1. The highest BCUT2D eigenvalue weighted by molar-refractivity contribution is 5.89. The summed E-state index contributed by atoms with van der Waals surface area (Å²) < 4.78 is 19.4. The van der Waals surface area contributed by atoms with Crippen LogP contribution in [0.15, 0.2) is 35.0 Å². The fraction of sp³-hybridized carbons (Fsp3) is 0.412. The predicted molar refractivity (Wildman–Crippen MR) is 84.5 cm³/mol. The summed E-state index contributed by atoms with van der Waals surface area (Å²) in [5.41, 5.74) is 0.137. The number of furan rings is 1. The van der Waals surface area contributed by atoms with Crippen LogP contribution in [-0.2, 0) is 0 Å². The van der Waals surface area contributed by atoms with E-state index in [4.69, 9.17) is 4.42 Å². The van der Waals surface area contributed by atoms with Gasteiger partial charge in [0.2, 0.25) is 0 Å². The van der Waals surface area contributed by atoms with Crippen LogP contribution in [0.4, 0.5) is 14.9 Å². The minimum absolute atomic E-state index is 0.127. The number of hydrogen-bond donors (Lipinski definition) is 1. The van der Waals surface area contributed by atoms with E-state index in [9.17, 15) is 9.18 Å². The number of nitrogens with zero attached hydrogens (tertiary/aromatic N) is 2. The molecular weight excluding hydrogens is 297 g/mol. The molecule has 1 N–H and O–H groups in total. The summed E-state index contributed by atoms with van der Waals surface area (Å²) in [4.78, 5) is 18.0. The molecule has 0 unspecified atom stereocenters. The first-order valence-corrected chi connectivity index (χ1v) is 7.78. The molecule has 0 spiro atoms. The van der Waals surface area contributed by atoms with Crippen LogP contribution in [0, 0.1) is 18.7 Å². The number of likely N-dealkylation sites (tertiary alicyclic amines) is 1. The number of carbonyl (C=O) groups excluding carboxylic acids is 1. The number of amides is 2. The van der Waals surface area contributed by atoms with Crippen LogP contribution in [0.25, 0.3) is 0 Å². The zero-order valence-electron chi connectivity index (χ0n) is 13.3. The highest BCUT2D eigenvalue weighted by Crippen LogP contribution is 2.35. The van der Waals surface area contributed by atoms with Gasteiger partial charge in [0.1, 0.15) is 11.5 Å². The molecule has 2 atom stereocenters. The summed E-state index contributed by atoms with van der Waals surface area (Å²) in [5, 5.41) is 2.63. The fourth-order valence-electron chi connectivity index (χ4n) is 2.95. The van der Waals surface area contributed by atoms with Crippen LogP contribution >= 0.6 is 0 Å². The number of hydrogen-bond acceptors (Lipinski definition) is 3. The third kappa shape index (κ3) is 3.36. The zero-order chi connectivity index (χ0) is 16.4. The van der Waals surface area contributed by atoms with Gasteiger partial charge >= 0.3 is 6.03 Å². The molecular formula is C17H20FN3O2. The van der Waals surface area contributed by atoms with Gasteiger partial charge in [-0.25, -0.2) is 9.18 Å². The second kappa shape index (κ2) is 6.40. The number of rotatable bonds is 2. The fourth-order valence-corrected chi connectivity index (χ4v) is 2.95. The lowest BCUT2D eigenvalue weighted by Gasteiger charge is -2.37. The minimum atomic E-state index is -0.545. The number of aromatic nitrogens is 1. The maximum Gasteiger partial charge on any atom is 0.322 e. The number of halogens is 1. The van der Waals surface area contributed by atoms with Crippen molar-refractivity contribution < 1.29 is 13.6 Å². The molecule has 6 heteroatoms. The Balaban J connectivity index is 1.81. The van der Waals surface area contributed by atoms with Gasteiger partial charge in [0.05, 0.1) is 17.9 Å². The molecule has 3 heterocycles. The van der Waals surface area contributed by atoms with Gasteiger partial charge in [-0.05, 0) is 43.9 Å². The predicted octanol–water partition coefficient (Wildman–Crippen LogP) is 4.13. The highest BCUT2D eigenvalue weighted by atomic mass is 19.1. The van der Waals surface area contributed by atoms with Gasteiger partial charge in [0.25, 0.3) is 0 Å². The van der Waals surface area contributed by atoms with Crippen molar-refractivity contribution >= 4 is 11.7 Å². The van der Waals surface area contributed by atoms with E-state index in [1.807, 2.05) is 19.1 Å². The third-order valence-electron chi connectivity index (χ3n) is 4.23. The normalized spacial score (nSPS) is 21.3. The van der Waals surface area contributed by atoms with E-state index in [1.165, 1.54) is 12.3 Å². The highest BCUT2D eigenvalue weighted by Gasteiger charge is 2.33. The van der Waals surface area contributed by atoms with Gasteiger partial charge in [-0.15, -0.1) is 0 Å². The number of anilines is 1. The number of pyridine rings is 1. The molecule has 0 saturated carbocycles. The summed E-state index contributed by atoms with van der Waals surface area (Å²) in [5.74, 6) is 1.56. The van der Waals surface area contributed by atoms with Crippen molar-refractivity contribution in [3.63, 3.8) is 0 Å². The molecule has 0 bridgehead atoms. The molecule has 0 aromatic carbocycles. The summed E-state index contributed by atoms with van der Waals surface area (Å²) >= 11 is 0. The molecule has 1 fully saturated rings. The van der Waals surface area contributed by atoms with Crippen molar-refractivity contribution in [3.8, 4) is 0 Å². The maximum absolute atomic E-state index is 13.7. The number of carbonyl (C=O) groups is 1. The quantitative estimate of drug-likeness (QED) is 0.906. The zero-order valence-corrected chi connectivity index (χ0v) is 13.3. The molecule has 2 aromatic rings. The first-order chi connectivity index (χ1) is 11.0. The van der Waals surface area contributed by atoms with Crippen LogP contribution < -0.4 is 5.32 Å². The van der Waals surface area contributed by atoms with Crippen molar-refractivity contribution in [2.24, 2.45) is 5.92 Å². The van der Waals surface area contributed by atoms with Gasteiger partial charge in [-0.3, -0.25) is 4.98 Å². The first-order valence-electron chi connectivity index (χ1n) is 7.78. The van der Waals surface area contributed by atoms with Crippen LogP contribution in [0.5, 0.6) is 0 Å². The SMILES string of the molecule is Cc1ccc([C@H]2C[C@H](C)CCN2C(=O)Nc2ccncc2F)o1. The summed E-state index contributed by atoms with van der Waals surface area (Å²) in [7, 11) is 0. The largest absolute Gasteiger partial charge is 0.464 e. The van der Waals surface area contributed by atoms with E-state index in [2.05, 4.69) is 17.2 Å². The molecule has 23 heavy (non-hydrogen) atoms. The van der Waals surface area contributed by atoms with Gasteiger partial charge in [0.15, 0.2) is 5.82 Å². The third-order valence-corrected chi connectivity index (χ3v) is 4.23. The van der Waals surface area contributed by atoms with Crippen molar-refractivity contribution in [1.82, 2.24) is 9.88 Å². The lowest BCUT2D eigenvalue weighted by molar-refractivity contribution is 0.128. The Morgan fingerprint density at radius 3 is 2.96 bits per heavy atom. The number of urea groups is 1. The van der Waals surface area contributed by atoms with Gasteiger partial charge in [0, 0.05) is 12.7 Å². The lowest BCUT2D eigenvalue weighted by Crippen LogP contribution is -2.43. The van der Waals surface area contributed by atoms with Crippen LogP contribution in [0.3, 0.4) is 0 Å². The Labute approximate surface area is 134 Å². The topological polar surface area (TPSA) is 58.4 Å². The molecule has 2 amide bonds. The monoisotopic (exact) mass is 317 g/mol. The van der Waals surface area contributed by atoms with Crippen molar-refractivity contribution in [3.05, 3.63) is 47.9 Å². The summed E-state index contributed by atoms with van der Waals surface area (Å²) in [6, 6.07) is 4.81. The van der Waals surface area contributed by atoms with E-state index in [0.29, 0.717) is 12.5 Å². The molecule has 0 aliphatic carbocycles. The van der Waals surface area contributed by atoms with E-state index >= 15 is 0 Å². The smallest absolute Gasteiger partial charge is 0.322 e. The Morgan fingerprint density at radius 1 is 1.43 bits per heavy atom. The lowest BCUT2D eigenvalue weighted by atomic mass is 9.91. The van der Waals surface area contributed by atoms with Gasteiger partial charge < -0.3 is 14.6 Å². The molecule has 122 valence electrons. The number of piperidine rings is 1. The Hall–Kier alpha value is -2.37. The molecule has 1 aliphatic rings. The minimum Gasteiger partial charge on any atom is -0.464 e. The van der Waals surface area contributed by atoms with Gasteiger partial charge in [-0.1, -0.05) is 6.92 Å². The second-order valence-electron chi connectivity index (χ2n) is 6.07. The Morgan fingerprint density at radius 2 is 2.26 bits per heavy atom.